The van der Waals surface area contributed by atoms with Crippen LogP contribution in [0.2, 0.25) is 0 Å². The third kappa shape index (κ3) is 2.93. The van der Waals surface area contributed by atoms with E-state index in [1.165, 1.54) is 0 Å². The van der Waals surface area contributed by atoms with Crippen LogP contribution in [0, 0.1) is 5.92 Å². The zero-order chi connectivity index (χ0) is 15.3. The molecule has 2 aliphatic rings. The summed E-state index contributed by atoms with van der Waals surface area (Å²) in [5.74, 6) is -0.665. The fraction of sp³-hybridized carbons (Fsp3) is 0.600. The second-order valence-electron chi connectivity index (χ2n) is 6.00. The minimum Gasteiger partial charge on any atom is -0.487 e. The van der Waals surface area contributed by atoms with E-state index in [4.69, 9.17) is 4.74 Å². The second-order valence-corrected chi connectivity index (χ2v) is 6.92. The van der Waals surface area contributed by atoms with Crippen molar-refractivity contribution in [3.8, 4) is 5.75 Å². The first-order chi connectivity index (χ1) is 9.79. The van der Waals surface area contributed by atoms with Crippen molar-refractivity contribution < 1.29 is 23.0 Å². The number of hydrogen-bond acceptors (Lipinski definition) is 2. The number of benzene rings is 1. The molecule has 0 radical (unpaired) electrons. The Labute approximate surface area is 129 Å². The molecule has 1 fully saturated rings. The number of rotatable bonds is 0. The summed E-state index contributed by atoms with van der Waals surface area (Å²) in [6.45, 7) is 0. The van der Waals surface area contributed by atoms with Crippen molar-refractivity contribution in [3.63, 3.8) is 0 Å². The molecule has 1 heterocycles. The molecule has 3 rings (SSSR count). The number of aliphatic hydroxyl groups excluding tert-OH is 1. The van der Waals surface area contributed by atoms with Crippen LogP contribution in [0.25, 0.3) is 0 Å². The van der Waals surface area contributed by atoms with Crippen LogP contribution >= 0.6 is 15.9 Å². The van der Waals surface area contributed by atoms with Crippen LogP contribution in [0.4, 0.5) is 13.2 Å². The molecule has 1 aliphatic heterocycles. The molecule has 0 amide bonds. The van der Waals surface area contributed by atoms with Gasteiger partial charge in [0.15, 0.2) is 0 Å². The second kappa shape index (κ2) is 5.16. The summed E-state index contributed by atoms with van der Waals surface area (Å²) in [4.78, 5) is 0. The first-order valence-corrected chi connectivity index (χ1v) is 7.82. The average Bonchev–Trinajstić information content (AvgIpc) is 2.37. The SMILES string of the molecule is O[C@H]1CC2(CCC(C(F)(F)F)CC2)Oc2cc(Br)ccc21. The van der Waals surface area contributed by atoms with E-state index in [9.17, 15) is 18.3 Å². The lowest BCUT2D eigenvalue weighted by molar-refractivity contribution is -0.193. The third-order valence-electron chi connectivity index (χ3n) is 4.59. The van der Waals surface area contributed by atoms with Gasteiger partial charge in [-0.25, -0.2) is 0 Å². The van der Waals surface area contributed by atoms with E-state index in [-0.39, 0.29) is 12.8 Å². The van der Waals surface area contributed by atoms with Gasteiger partial charge < -0.3 is 9.84 Å². The highest BCUT2D eigenvalue weighted by Gasteiger charge is 2.49. The lowest BCUT2D eigenvalue weighted by Crippen LogP contribution is -2.46. The molecule has 0 saturated heterocycles. The average molecular weight is 365 g/mol. The molecule has 1 aromatic rings. The van der Waals surface area contributed by atoms with Gasteiger partial charge in [0.1, 0.15) is 11.4 Å². The van der Waals surface area contributed by atoms with Crippen molar-refractivity contribution in [1.82, 2.24) is 0 Å². The summed E-state index contributed by atoms with van der Waals surface area (Å²) >= 11 is 3.35. The topological polar surface area (TPSA) is 29.5 Å². The van der Waals surface area contributed by atoms with E-state index in [0.29, 0.717) is 30.6 Å². The van der Waals surface area contributed by atoms with Crippen LogP contribution in [-0.4, -0.2) is 16.9 Å². The van der Waals surface area contributed by atoms with Crippen molar-refractivity contribution in [2.24, 2.45) is 5.92 Å². The molecule has 2 nitrogen and oxygen atoms in total. The zero-order valence-corrected chi connectivity index (χ0v) is 12.9. The van der Waals surface area contributed by atoms with Gasteiger partial charge in [-0.3, -0.25) is 0 Å². The van der Waals surface area contributed by atoms with Gasteiger partial charge in [0, 0.05) is 16.5 Å². The summed E-state index contributed by atoms with van der Waals surface area (Å²) in [5.41, 5.74) is 0.0522. The van der Waals surface area contributed by atoms with E-state index < -0.39 is 23.8 Å². The maximum atomic E-state index is 12.8. The minimum absolute atomic E-state index is 0.0690. The summed E-state index contributed by atoms with van der Waals surface area (Å²) in [7, 11) is 0. The summed E-state index contributed by atoms with van der Waals surface area (Å²) < 4.78 is 45.2. The molecule has 1 N–H and O–H groups in total. The van der Waals surface area contributed by atoms with Gasteiger partial charge >= 0.3 is 6.18 Å². The van der Waals surface area contributed by atoms with Crippen molar-refractivity contribution in [2.45, 2.75) is 50.0 Å². The largest absolute Gasteiger partial charge is 0.487 e. The normalized spacial score (nSPS) is 32.6. The van der Waals surface area contributed by atoms with Gasteiger partial charge in [-0.05, 0) is 37.8 Å². The Morgan fingerprint density at radius 1 is 1.24 bits per heavy atom. The molecule has 1 saturated carbocycles. The molecular formula is C15H16BrF3O2. The first-order valence-electron chi connectivity index (χ1n) is 7.02. The van der Waals surface area contributed by atoms with Crippen molar-refractivity contribution in [3.05, 3.63) is 28.2 Å². The highest BCUT2D eigenvalue weighted by atomic mass is 79.9. The number of ether oxygens (including phenoxy) is 1. The van der Waals surface area contributed by atoms with Gasteiger partial charge in [0.05, 0.1) is 12.0 Å². The lowest BCUT2D eigenvalue weighted by Gasteiger charge is -2.45. The fourth-order valence-corrected chi connectivity index (χ4v) is 3.73. The molecule has 0 aromatic heterocycles. The number of aliphatic hydroxyl groups is 1. The maximum absolute atomic E-state index is 12.8. The molecular weight excluding hydrogens is 349 g/mol. The van der Waals surface area contributed by atoms with E-state index >= 15 is 0 Å². The molecule has 0 unspecified atom stereocenters. The van der Waals surface area contributed by atoms with Crippen LogP contribution < -0.4 is 4.74 Å². The highest BCUT2D eigenvalue weighted by Crippen LogP contribution is 2.50. The lowest BCUT2D eigenvalue weighted by atomic mass is 9.74. The van der Waals surface area contributed by atoms with Crippen LogP contribution in [0.15, 0.2) is 22.7 Å². The van der Waals surface area contributed by atoms with Gasteiger partial charge in [0.25, 0.3) is 0 Å². The van der Waals surface area contributed by atoms with Crippen molar-refractivity contribution in [2.75, 3.05) is 0 Å². The van der Waals surface area contributed by atoms with Gasteiger partial charge in [0.2, 0.25) is 0 Å². The Bertz CT molecular complexity index is 536. The Kier molecular flexibility index (Phi) is 3.72. The van der Waals surface area contributed by atoms with Crippen molar-refractivity contribution in [1.29, 1.82) is 0 Å². The fourth-order valence-electron chi connectivity index (χ4n) is 3.39. The summed E-state index contributed by atoms with van der Waals surface area (Å²) in [6, 6.07) is 5.39. The Morgan fingerprint density at radius 2 is 1.90 bits per heavy atom. The predicted octanol–water partition coefficient (Wildman–Crippen LogP) is 4.76. The van der Waals surface area contributed by atoms with Crippen LogP contribution in [0.1, 0.15) is 43.8 Å². The standard InChI is InChI=1S/C15H16BrF3O2/c16-10-1-2-11-12(20)8-14(21-13(11)7-10)5-3-9(4-6-14)15(17,18)19/h1-2,7,9,12,20H,3-6,8H2/t9?,12-,14?/m0/s1. The Balaban J connectivity index is 1.80. The van der Waals surface area contributed by atoms with Gasteiger partial charge in [-0.15, -0.1) is 0 Å². The van der Waals surface area contributed by atoms with Crippen molar-refractivity contribution >= 4 is 15.9 Å². The van der Waals surface area contributed by atoms with E-state index in [1.807, 2.05) is 6.07 Å². The number of halogens is 4. The zero-order valence-electron chi connectivity index (χ0n) is 11.3. The number of alkyl halides is 3. The number of hydrogen-bond donors (Lipinski definition) is 1. The van der Waals surface area contributed by atoms with E-state index in [1.54, 1.807) is 12.1 Å². The predicted molar refractivity (Wildman–Crippen MR) is 75.1 cm³/mol. The minimum atomic E-state index is -4.13. The molecule has 1 spiro atoms. The van der Waals surface area contributed by atoms with E-state index in [0.717, 1.165) is 4.47 Å². The highest BCUT2D eigenvalue weighted by molar-refractivity contribution is 9.10. The molecule has 116 valence electrons. The Hall–Kier alpha value is -0.750. The first kappa shape index (κ1) is 15.2. The molecule has 1 aliphatic carbocycles. The quantitative estimate of drug-likeness (QED) is 0.719. The summed E-state index contributed by atoms with van der Waals surface area (Å²) in [5, 5.41) is 10.3. The molecule has 1 aromatic carbocycles. The molecule has 21 heavy (non-hydrogen) atoms. The molecule has 1 atom stereocenters. The van der Waals surface area contributed by atoms with Gasteiger partial charge in [-0.1, -0.05) is 22.0 Å². The Morgan fingerprint density at radius 3 is 2.52 bits per heavy atom. The van der Waals surface area contributed by atoms with Crippen LogP contribution in [0.5, 0.6) is 5.75 Å². The van der Waals surface area contributed by atoms with Gasteiger partial charge in [-0.2, -0.15) is 13.2 Å². The monoisotopic (exact) mass is 364 g/mol. The molecule has 0 bridgehead atoms. The van der Waals surface area contributed by atoms with E-state index in [2.05, 4.69) is 15.9 Å². The summed E-state index contributed by atoms with van der Waals surface area (Å²) in [6.07, 6.45) is -3.63. The smallest absolute Gasteiger partial charge is 0.391 e. The third-order valence-corrected chi connectivity index (χ3v) is 5.08. The maximum Gasteiger partial charge on any atom is 0.391 e. The molecule has 6 heteroatoms. The number of fused-ring (bicyclic) bond motifs is 1. The van der Waals surface area contributed by atoms with Crippen LogP contribution in [-0.2, 0) is 0 Å². The van der Waals surface area contributed by atoms with Crippen LogP contribution in [0.3, 0.4) is 0 Å².